The van der Waals surface area contributed by atoms with Gasteiger partial charge in [0.25, 0.3) is 0 Å². The molecule has 9 heteroatoms. The third-order valence-corrected chi connectivity index (χ3v) is 3.77. The van der Waals surface area contributed by atoms with E-state index in [1.807, 2.05) is 6.07 Å². The molecule has 1 saturated heterocycles. The number of hydrogen-bond donors (Lipinski definition) is 2. The molecule has 3 rings (SSSR count). The van der Waals surface area contributed by atoms with E-state index < -0.39 is 10.3 Å². The van der Waals surface area contributed by atoms with Crippen LogP contribution in [0.25, 0.3) is 10.8 Å². The van der Waals surface area contributed by atoms with Gasteiger partial charge in [-0.05, 0) is 23.6 Å². The zero-order chi connectivity index (χ0) is 14.9. The van der Waals surface area contributed by atoms with Crippen LogP contribution < -0.4 is 19.5 Å². The minimum absolute atomic E-state index is 0. The van der Waals surface area contributed by atoms with Gasteiger partial charge >= 0.3 is 10.3 Å². The number of piperazine rings is 1. The lowest BCUT2D eigenvalue weighted by molar-refractivity contribution is 0.488. The Kier molecular flexibility index (Phi) is 5.07. The molecular formula is C13H17ClN4O3S. The summed E-state index contributed by atoms with van der Waals surface area (Å²) in [5.74, 6) is 1.02. The van der Waals surface area contributed by atoms with Crippen LogP contribution in [0.4, 0.5) is 5.82 Å². The molecule has 7 nitrogen and oxygen atoms in total. The van der Waals surface area contributed by atoms with Crippen molar-refractivity contribution in [3.8, 4) is 5.75 Å². The van der Waals surface area contributed by atoms with E-state index in [4.69, 9.17) is 9.32 Å². The van der Waals surface area contributed by atoms with Gasteiger partial charge in [-0.15, -0.1) is 12.4 Å². The third kappa shape index (κ3) is 3.77. The molecule has 0 saturated carbocycles. The highest BCUT2D eigenvalue weighted by atomic mass is 35.5. The Hall–Kier alpha value is -1.61. The predicted molar refractivity (Wildman–Crippen MR) is 87.8 cm³/mol. The molecule has 0 radical (unpaired) electrons. The first-order valence-electron chi connectivity index (χ1n) is 6.59. The summed E-state index contributed by atoms with van der Waals surface area (Å²) >= 11 is 0. The van der Waals surface area contributed by atoms with Crippen molar-refractivity contribution in [2.75, 3.05) is 31.1 Å². The zero-order valence-electron chi connectivity index (χ0n) is 11.7. The molecule has 0 bridgehead atoms. The number of anilines is 1. The molecule has 0 spiro atoms. The fourth-order valence-corrected chi connectivity index (χ4v) is 2.82. The quantitative estimate of drug-likeness (QED) is 0.848. The first kappa shape index (κ1) is 16.8. The molecule has 1 aromatic heterocycles. The van der Waals surface area contributed by atoms with Crippen molar-refractivity contribution in [2.24, 2.45) is 5.14 Å². The monoisotopic (exact) mass is 344 g/mol. The highest BCUT2D eigenvalue weighted by molar-refractivity contribution is 7.84. The summed E-state index contributed by atoms with van der Waals surface area (Å²) in [6.07, 6.45) is 1.75. The fraction of sp³-hybridized carbons (Fsp3) is 0.308. The van der Waals surface area contributed by atoms with Gasteiger partial charge in [0.15, 0.2) is 0 Å². The highest BCUT2D eigenvalue weighted by Gasteiger charge is 2.15. The van der Waals surface area contributed by atoms with E-state index in [2.05, 4.69) is 15.2 Å². The molecule has 120 valence electrons. The van der Waals surface area contributed by atoms with Crippen molar-refractivity contribution in [1.82, 2.24) is 10.3 Å². The van der Waals surface area contributed by atoms with Crippen molar-refractivity contribution >= 4 is 39.3 Å². The normalized spacial score (nSPS) is 15.4. The lowest BCUT2D eigenvalue weighted by Crippen LogP contribution is -2.43. The number of benzene rings is 1. The average Bonchev–Trinajstić information content (AvgIpc) is 2.46. The van der Waals surface area contributed by atoms with Crippen LogP contribution in [0.3, 0.4) is 0 Å². The number of hydrogen-bond acceptors (Lipinski definition) is 6. The van der Waals surface area contributed by atoms with Crippen LogP contribution in [0.15, 0.2) is 30.5 Å². The van der Waals surface area contributed by atoms with Gasteiger partial charge in [-0.2, -0.15) is 13.6 Å². The lowest BCUT2D eigenvalue weighted by atomic mass is 10.1. The summed E-state index contributed by atoms with van der Waals surface area (Å²) in [6, 6.07) is 6.91. The van der Waals surface area contributed by atoms with Crippen molar-refractivity contribution in [1.29, 1.82) is 0 Å². The Morgan fingerprint density at radius 1 is 1.23 bits per heavy atom. The van der Waals surface area contributed by atoms with E-state index in [1.54, 1.807) is 24.4 Å². The first-order valence-corrected chi connectivity index (χ1v) is 8.07. The van der Waals surface area contributed by atoms with Gasteiger partial charge in [0.1, 0.15) is 11.6 Å². The molecule has 22 heavy (non-hydrogen) atoms. The summed E-state index contributed by atoms with van der Waals surface area (Å²) in [5.41, 5.74) is 0. The van der Waals surface area contributed by atoms with Crippen LogP contribution >= 0.6 is 12.4 Å². The smallest absolute Gasteiger partial charge is 0.371 e. The Bertz CT molecular complexity index is 763. The topological polar surface area (TPSA) is 97.5 Å². The second-order valence-electron chi connectivity index (χ2n) is 4.83. The molecule has 0 aliphatic carbocycles. The van der Waals surface area contributed by atoms with Crippen LogP contribution in [0.2, 0.25) is 0 Å². The maximum Gasteiger partial charge on any atom is 0.380 e. The van der Waals surface area contributed by atoms with Gasteiger partial charge in [0.2, 0.25) is 0 Å². The number of nitrogens with zero attached hydrogens (tertiary/aromatic N) is 2. The Labute approximate surface area is 135 Å². The van der Waals surface area contributed by atoms with Gasteiger partial charge in [-0.25, -0.2) is 4.98 Å². The number of rotatable bonds is 3. The molecular weight excluding hydrogens is 328 g/mol. The summed E-state index contributed by atoms with van der Waals surface area (Å²) in [7, 11) is -4.03. The molecule has 2 heterocycles. The average molecular weight is 345 g/mol. The Balaban J connectivity index is 0.00000176. The number of aromatic nitrogens is 1. The molecule has 2 aromatic rings. The summed E-state index contributed by atoms with van der Waals surface area (Å²) in [5, 5.41) is 10.0. The van der Waals surface area contributed by atoms with Crippen LogP contribution in [0, 0.1) is 0 Å². The van der Waals surface area contributed by atoms with Crippen molar-refractivity contribution in [2.45, 2.75) is 0 Å². The molecule has 0 atom stereocenters. The highest BCUT2D eigenvalue weighted by Crippen LogP contribution is 2.28. The van der Waals surface area contributed by atoms with Gasteiger partial charge in [0.05, 0.1) is 0 Å². The van der Waals surface area contributed by atoms with Crippen LogP contribution in [-0.2, 0) is 10.3 Å². The minimum atomic E-state index is -4.03. The largest absolute Gasteiger partial charge is 0.380 e. The first-order chi connectivity index (χ1) is 10.0. The SMILES string of the molecule is Cl.NS(=O)(=O)Oc1ccc2ccnc(N3CCNCC3)c2c1. The molecule has 1 aromatic carbocycles. The number of nitrogens with one attached hydrogen (secondary N) is 1. The minimum Gasteiger partial charge on any atom is -0.371 e. The van der Waals surface area contributed by atoms with Crippen molar-refractivity contribution < 1.29 is 12.6 Å². The van der Waals surface area contributed by atoms with Gasteiger partial charge in [0, 0.05) is 37.8 Å². The predicted octanol–water partition coefficient (Wildman–Crippen LogP) is 0.648. The Morgan fingerprint density at radius 2 is 1.95 bits per heavy atom. The van der Waals surface area contributed by atoms with E-state index in [0.29, 0.717) is 0 Å². The van der Waals surface area contributed by atoms with Gasteiger partial charge in [-0.1, -0.05) is 6.07 Å². The second kappa shape index (κ2) is 6.66. The van der Waals surface area contributed by atoms with E-state index in [-0.39, 0.29) is 18.2 Å². The number of pyridine rings is 1. The molecule has 1 aliphatic rings. The molecule has 1 fully saturated rings. The third-order valence-electron chi connectivity index (χ3n) is 3.35. The standard InChI is InChI=1S/C13H16N4O3S.ClH/c14-21(18,19)20-11-2-1-10-3-4-16-13(12(10)9-11)17-7-5-15-6-8-17;/h1-4,9,15H,5-8H2,(H2,14,18,19);1H. The summed E-state index contributed by atoms with van der Waals surface area (Å²) < 4.78 is 26.8. The number of halogens is 1. The Morgan fingerprint density at radius 3 is 2.64 bits per heavy atom. The number of fused-ring (bicyclic) bond motifs is 1. The molecule has 1 aliphatic heterocycles. The van der Waals surface area contributed by atoms with E-state index in [0.717, 1.165) is 42.8 Å². The molecule has 0 amide bonds. The fourth-order valence-electron chi connectivity index (χ4n) is 2.45. The maximum absolute atomic E-state index is 11.0. The lowest BCUT2D eigenvalue weighted by Gasteiger charge is -2.29. The van der Waals surface area contributed by atoms with Gasteiger partial charge < -0.3 is 14.4 Å². The molecule has 0 unspecified atom stereocenters. The van der Waals surface area contributed by atoms with Crippen LogP contribution in [0.1, 0.15) is 0 Å². The van der Waals surface area contributed by atoms with Crippen LogP contribution in [-0.4, -0.2) is 39.6 Å². The van der Waals surface area contributed by atoms with E-state index >= 15 is 0 Å². The van der Waals surface area contributed by atoms with E-state index in [9.17, 15) is 8.42 Å². The van der Waals surface area contributed by atoms with Crippen molar-refractivity contribution in [3.05, 3.63) is 30.5 Å². The maximum atomic E-state index is 11.0. The number of nitrogens with two attached hydrogens (primary N) is 1. The van der Waals surface area contributed by atoms with Crippen molar-refractivity contribution in [3.63, 3.8) is 0 Å². The van der Waals surface area contributed by atoms with E-state index in [1.165, 1.54) is 0 Å². The van der Waals surface area contributed by atoms with Gasteiger partial charge in [-0.3, -0.25) is 0 Å². The second-order valence-corrected chi connectivity index (χ2v) is 5.98. The summed E-state index contributed by atoms with van der Waals surface area (Å²) in [4.78, 5) is 6.60. The van der Waals surface area contributed by atoms with Crippen LogP contribution in [0.5, 0.6) is 5.75 Å². The zero-order valence-corrected chi connectivity index (χ0v) is 13.4. The molecule has 3 N–H and O–H groups in total. The summed E-state index contributed by atoms with van der Waals surface area (Å²) in [6.45, 7) is 3.50.